The first kappa shape index (κ1) is 11.7. The van der Waals surface area contributed by atoms with Crippen LogP contribution in [0.25, 0.3) is 0 Å². The minimum absolute atomic E-state index is 0.172. The van der Waals surface area contributed by atoms with Crippen LogP contribution < -0.4 is 0 Å². The van der Waals surface area contributed by atoms with E-state index in [4.69, 9.17) is 14.9 Å². The first-order valence-corrected chi connectivity index (χ1v) is 5.17. The van der Waals surface area contributed by atoms with Gasteiger partial charge in [-0.3, -0.25) is 5.41 Å². The molecule has 3 nitrogen and oxygen atoms in total. The Labute approximate surface area is 90.5 Å². The van der Waals surface area contributed by atoms with Crippen LogP contribution in [0.3, 0.4) is 0 Å². The standard InChI is InChI=1S/C12H17NO2/c1-3-14-11(12(13)15-4-2)10-8-6-5-7-9-10/h5-9,11,13H,3-4H2,1-2H3. The highest BCUT2D eigenvalue weighted by Crippen LogP contribution is 2.18. The van der Waals surface area contributed by atoms with Crippen LogP contribution in [-0.2, 0) is 9.47 Å². The zero-order valence-corrected chi connectivity index (χ0v) is 9.19. The van der Waals surface area contributed by atoms with Crippen molar-refractivity contribution < 1.29 is 9.47 Å². The van der Waals surface area contributed by atoms with E-state index in [1.165, 1.54) is 0 Å². The predicted octanol–water partition coefficient (Wildman–Crippen LogP) is 2.78. The molecule has 0 spiro atoms. The molecule has 1 N–H and O–H groups in total. The minimum atomic E-state index is -0.379. The van der Waals surface area contributed by atoms with Crippen molar-refractivity contribution in [3.05, 3.63) is 35.9 Å². The average Bonchev–Trinajstić information content (AvgIpc) is 2.27. The van der Waals surface area contributed by atoms with Crippen molar-refractivity contribution in [2.75, 3.05) is 13.2 Å². The van der Waals surface area contributed by atoms with Crippen molar-refractivity contribution in [2.45, 2.75) is 20.0 Å². The fourth-order valence-corrected chi connectivity index (χ4v) is 1.35. The van der Waals surface area contributed by atoms with E-state index in [2.05, 4.69) is 0 Å². The van der Waals surface area contributed by atoms with Crippen molar-refractivity contribution in [1.29, 1.82) is 5.41 Å². The van der Waals surface area contributed by atoms with E-state index < -0.39 is 0 Å². The summed E-state index contributed by atoms with van der Waals surface area (Å²) in [5.74, 6) is 0.172. The summed E-state index contributed by atoms with van der Waals surface area (Å²) in [6, 6.07) is 9.68. The molecule has 0 aliphatic rings. The third-order valence-corrected chi connectivity index (χ3v) is 1.97. The molecular weight excluding hydrogens is 190 g/mol. The molecule has 0 aliphatic carbocycles. The van der Waals surface area contributed by atoms with Crippen molar-refractivity contribution in [3.8, 4) is 0 Å². The second kappa shape index (κ2) is 6.19. The Morgan fingerprint density at radius 1 is 1.20 bits per heavy atom. The van der Waals surface area contributed by atoms with Gasteiger partial charge in [0.2, 0.25) is 5.90 Å². The molecule has 1 atom stereocenters. The Morgan fingerprint density at radius 2 is 1.87 bits per heavy atom. The lowest BCUT2D eigenvalue weighted by atomic mass is 10.1. The van der Waals surface area contributed by atoms with E-state index >= 15 is 0 Å². The lowest BCUT2D eigenvalue weighted by Gasteiger charge is -2.18. The predicted molar refractivity (Wildman–Crippen MR) is 60.2 cm³/mol. The SMILES string of the molecule is CCOC(=N)C(OCC)c1ccccc1. The van der Waals surface area contributed by atoms with E-state index in [1.54, 1.807) is 0 Å². The molecule has 15 heavy (non-hydrogen) atoms. The van der Waals surface area contributed by atoms with Gasteiger partial charge in [-0.1, -0.05) is 30.3 Å². The van der Waals surface area contributed by atoms with E-state index in [0.717, 1.165) is 5.56 Å². The summed E-state index contributed by atoms with van der Waals surface area (Å²) in [7, 11) is 0. The van der Waals surface area contributed by atoms with Crippen LogP contribution in [0.5, 0.6) is 0 Å². The normalized spacial score (nSPS) is 12.1. The van der Waals surface area contributed by atoms with Crippen LogP contribution in [0.1, 0.15) is 25.5 Å². The lowest BCUT2D eigenvalue weighted by Crippen LogP contribution is -2.18. The third-order valence-electron chi connectivity index (χ3n) is 1.97. The van der Waals surface area contributed by atoms with Gasteiger partial charge in [-0.15, -0.1) is 0 Å². The van der Waals surface area contributed by atoms with Crippen LogP contribution in [0.4, 0.5) is 0 Å². The van der Waals surface area contributed by atoms with Crippen LogP contribution in [-0.4, -0.2) is 19.1 Å². The maximum absolute atomic E-state index is 7.74. The molecule has 1 aromatic rings. The summed E-state index contributed by atoms with van der Waals surface area (Å²) in [6.45, 7) is 4.84. The molecule has 1 aromatic carbocycles. The Morgan fingerprint density at radius 3 is 2.40 bits per heavy atom. The fourth-order valence-electron chi connectivity index (χ4n) is 1.35. The van der Waals surface area contributed by atoms with E-state index in [0.29, 0.717) is 13.2 Å². The molecule has 0 heterocycles. The minimum Gasteiger partial charge on any atom is -0.479 e. The maximum Gasteiger partial charge on any atom is 0.215 e. The molecule has 0 saturated heterocycles. The first-order chi connectivity index (χ1) is 7.29. The topological polar surface area (TPSA) is 42.3 Å². The number of rotatable bonds is 5. The summed E-state index contributed by atoms with van der Waals surface area (Å²) < 4.78 is 10.7. The molecule has 0 aromatic heterocycles. The molecule has 0 amide bonds. The summed E-state index contributed by atoms with van der Waals surface area (Å²) in [4.78, 5) is 0. The van der Waals surface area contributed by atoms with Gasteiger partial charge in [0.25, 0.3) is 0 Å². The van der Waals surface area contributed by atoms with Crippen molar-refractivity contribution in [3.63, 3.8) is 0 Å². The van der Waals surface area contributed by atoms with E-state index in [-0.39, 0.29) is 12.0 Å². The van der Waals surface area contributed by atoms with E-state index in [9.17, 15) is 0 Å². The van der Waals surface area contributed by atoms with Gasteiger partial charge >= 0.3 is 0 Å². The van der Waals surface area contributed by atoms with Crippen LogP contribution in [0.15, 0.2) is 30.3 Å². The number of hydrogen-bond acceptors (Lipinski definition) is 3. The molecule has 0 radical (unpaired) electrons. The molecule has 82 valence electrons. The van der Waals surface area contributed by atoms with Gasteiger partial charge in [0, 0.05) is 6.61 Å². The Balaban J connectivity index is 2.78. The molecule has 1 rings (SSSR count). The van der Waals surface area contributed by atoms with Gasteiger partial charge in [0.05, 0.1) is 6.61 Å². The molecular formula is C12H17NO2. The highest BCUT2D eigenvalue weighted by atomic mass is 16.5. The van der Waals surface area contributed by atoms with Gasteiger partial charge in [0.1, 0.15) is 0 Å². The lowest BCUT2D eigenvalue weighted by molar-refractivity contribution is 0.0875. The van der Waals surface area contributed by atoms with Crippen LogP contribution >= 0.6 is 0 Å². The van der Waals surface area contributed by atoms with Gasteiger partial charge in [-0.05, 0) is 19.4 Å². The summed E-state index contributed by atoms with van der Waals surface area (Å²) >= 11 is 0. The Kier molecular flexibility index (Phi) is 4.84. The van der Waals surface area contributed by atoms with Gasteiger partial charge in [-0.2, -0.15) is 0 Å². The molecule has 1 unspecified atom stereocenters. The molecule has 0 bridgehead atoms. The number of ether oxygens (including phenoxy) is 2. The molecule has 0 fully saturated rings. The van der Waals surface area contributed by atoms with E-state index in [1.807, 2.05) is 44.2 Å². The molecule has 0 aliphatic heterocycles. The Hall–Kier alpha value is -1.35. The monoisotopic (exact) mass is 207 g/mol. The summed E-state index contributed by atoms with van der Waals surface area (Å²) in [5, 5.41) is 7.74. The largest absolute Gasteiger partial charge is 0.479 e. The number of benzene rings is 1. The highest BCUT2D eigenvalue weighted by molar-refractivity contribution is 5.79. The summed E-state index contributed by atoms with van der Waals surface area (Å²) in [5.41, 5.74) is 0.956. The van der Waals surface area contributed by atoms with Crippen molar-refractivity contribution in [1.82, 2.24) is 0 Å². The van der Waals surface area contributed by atoms with Crippen LogP contribution in [0.2, 0.25) is 0 Å². The zero-order chi connectivity index (χ0) is 11.1. The van der Waals surface area contributed by atoms with Crippen LogP contribution in [0, 0.1) is 5.41 Å². The quantitative estimate of drug-likeness (QED) is 0.596. The van der Waals surface area contributed by atoms with Gasteiger partial charge < -0.3 is 9.47 Å². The second-order valence-electron chi connectivity index (χ2n) is 3.04. The fraction of sp³-hybridized carbons (Fsp3) is 0.417. The first-order valence-electron chi connectivity index (χ1n) is 5.17. The summed E-state index contributed by atoms with van der Waals surface area (Å²) in [6.07, 6.45) is -0.379. The van der Waals surface area contributed by atoms with Gasteiger partial charge in [-0.25, -0.2) is 0 Å². The Bertz CT molecular complexity index is 298. The number of hydrogen-bond donors (Lipinski definition) is 1. The average molecular weight is 207 g/mol. The molecule has 0 saturated carbocycles. The number of nitrogens with one attached hydrogen (secondary N) is 1. The zero-order valence-electron chi connectivity index (χ0n) is 9.19. The molecule has 3 heteroatoms. The van der Waals surface area contributed by atoms with Crippen molar-refractivity contribution >= 4 is 5.90 Å². The van der Waals surface area contributed by atoms with Crippen molar-refractivity contribution in [2.24, 2.45) is 0 Å². The third kappa shape index (κ3) is 3.36. The smallest absolute Gasteiger partial charge is 0.215 e. The second-order valence-corrected chi connectivity index (χ2v) is 3.04. The van der Waals surface area contributed by atoms with Gasteiger partial charge in [0.15, 0.2) is 6.10 Å². The maximum atomic E-state index is 7.74. The highest BCUT2D eigenvalue weighted by Gasteiger charge is 2.17.